The van der Waals surface area contributed by atoms with Gasteiger partial charge >= 0.3 is 0 Å². The van der Waals surface area contributed by atoms with E-state index >= 15 is 0 Å². The van der Waals surface area contributed by atoms with Crippen molar-refractivity contribution in [3.05, 3.63) is 70.0 Å². The molecule has 0 saturated carbocycles. The molecule has 0 bridgehead atoms. The molecule has 0 radical (unpaired) electrons. The Hall–Kier alpha value is -2.47. The monoisotopic (exact) mass is 439 g/mol. The normalized spacial score (nSPS) is 15.0. The van der Waals surface area contributed by atoms with Crippen LogP contribution in [0.4, 0.5) is 0 Å². The van der Waals surface area contributed by atoms with Gasteiger partial charge in [-0.2, -0.15) is 4.98 Å². The predicted octanol–water partition coefficient (Wildman–Crippen LogP) is 4.76. The van der Waals surface area contributed by atoms with Crippen LogP contribution in [-0.2, 0) is 11.2 Å². The lowest BCUT2D eigenvalue weighted by Crippen LogP contribution is -2.39. The second-order valence-electron chi connectivity index (χ2n) is 7.25. The molecule has 1 amide bonds. The average molecular weight is 440 g/mol. The van der Waals surface area contributed by atoms with Gasteiger partial charge in [0.2, 0.25) is 5.91 Å². The van der Waals surface area contributed by atoms with Gasteiger partial charge in [-0.25, -0.2) is 0 Å². The molecule has 1 aromatic heterocycles. The van der Waals surface area contributed by atoms with Gasteiger partial charge in [0.1, 0.15) is 0 Å². The molecule has 5 nitrogen and oxygen atoms in total. The number of aryl methyl sites for hydroxylation is 1. The minimum Gasteiger partial charge on any atom is -0.342 e. The number of amides is 1. The first-order valence-corrected chi connectivity index (χ1v) is 10.3. The third kappa shape index (κ3) is 4.17. The summed E-state index contributed by atoms with van der Waals surface area (Å²) in [6, 6.07) is 15.9. The van der Waals surface area contributed by atoms with Crippen molar-refractivity contribution in [1.82, 2.24) is 15.0 Å². The first-order chi connectivity index (χ1) is 13.6. The highest BCUT2D eigenvalue weighted by atomic mass is 79.9. The summed E-state index contributed by atoms with van der Waals surface area (Å²) in [7, 11) is 0. The average Bonchev–Trinajstić information content (AvgIpc) is 3.20. The molecule has 0 aliphatic carbocycles. The molecule has 1 fully saturated rings. The molecule has 6 heteroatoms. The van der Waals surface area contributed by atoms with Gasteiger partial charge in [-0.05, 0) is 43.5 Å². The number of aromatic nitrogens is 2. The van der Waals surface area contributed by atoms with Gasteiger partial charge in [-0.1, -0.05) is 57.0 Å². The van der Waals surface area contributed by atoms with Crippen LogP contribution in [0.1, 0.15) is 35.7 Å². The standard InChI is InChI=1S/C22H22BrN3O2/c1-15-5-4-7-18(13-15)22-24-21(25-28-22)16-9-11-26(12-10-16)20(27)14-17-6-2-3-8-19(17)23/h2-8,13,16H,9-12,14H2,1H3. The Bertz CT molecular complexity index is 977. The topological polar surface area (TPSA) is 59.2 Å². The van der Waals surface area contributed by atoms with E-state index in [1.165, 1.54) is 0 Å². The van der Waals surface area contributed by atoms with Gasteiger partial charge in [0.25, 0.3) is 5.89 Å². The fourth-order valence-corrected chi connectivity index (χ4v) is 4.02. The Balaban J connectivity index is 1.37. The first kappa shape index (κ1) is 18.9. The highest BCUT2D eigenvalue weighted by Crippen LogP contribution is 2.29. The number of halogens is 1. The summed E-state index contributed by atoms with van der Waals surface area (Å²) >= 11 is 3.52. The highest BCUT2D eigenvalue weighted by molar-refractivity contribution is 9.10. The lowest BCUT2D eigenvalue weighted by Gasteiger charge is -2.30. The predicted molar refractivity (Wildman–Crippen MR) is 111 cm³/mol. The number of hydrogen-bond acceptors (Lipinski definition) is 4. The number of hydrogen-bond donors (Lipinski definition) is 0. The summed E-state index contributed by atoms with van der Waals surface area (Å²) in [6.45, 7) is 3.49. The second-order valence-corrected chi connectivity index (χ2v) is 8.10. The quantitative estimate of drug-likeness (QED) is 0.587. The Kier molecular flexibility index (Phi) is 5.57. The SMILES string of the molecule is Cc1cccc(-c2nc(C3CCN(C(=O)Cc4ccccc4Br)CC3)no2)c1. The van der Waals surface area contributed by atoms with E-state index in [2.05, 4.69) is 26.1 Å². The molecular weight excluding hydrogens is 418 g/mol. The maximum Gasteiger partial charge on any atom is 0.257 e. The minimum atomic E-state index is 0.166. The van der Waals surface area contributed by atoms with E-state index in [1.807, 2.05) is 60.4 Å². The number of piperidine rings is 1. The zero-order chi connectivity index (χ0) is 19.5. The van der Waals surface area contributed by atoms with E-state index in [4.69, 9.17) is 4.52 Å². The molecule has 1 saturated heterocycles. The summed E-state index contributed by atoms with van der Waals surface area (Å²) in [5.41, 5.74) is 3.13. The van der Waals surface area contributed by atoms with Gasteiger partial charge in [0, 0.05) is 29.0 Å². The third-order valence-electron chi connectivity index (χ3n) is 5.22. The van der Waals surface area contributed by atoms with E-state index in [-0.39, 0.29) is 11.8 Å². The van der Waals surface area contributed by atoms with Gasteiger partial charge in [-0.3, -0.25) is 4.79 Å². The lowest BCUT2D eigenvalue weighted by atomic mass is 9.95. The minimum absolute atomic E-state index is 0.166. The van der Waals surface area contributed by atoms with Crippen LogP contribution in [0.15, 0.2) is 57.5 Å². The van der Waals surface area contributed by atoms with Crippen LogP contribution in [0.5, 0.6) is 0 Å². The molecule has 0 atom stereocenters. The van der Waals surface area contributed by atoms with E-state index in [1.54, 1.807) is 0 Å². The van der Waals surface area contributed by atoms with Crippen LogP contribution in [0.25, 0.3) is 11.5 Å². The number of likely N-dealkylation sites (tertiary alicyclic amines) is 1. The van der Waals surface area contributed by atoms with Gasteiger partial charge in [0.15, 0.2) is 5.82 Å². The summed E-state index contributed by atoms with van der Waals surface area (Å²) < 4.78 is 6.46. The maximum atomic E-state index is 12.6. The summed E-state index contributed by atoms with van der Waals surface area (Å²) in [5.74, 6) is 1.70. The Morgan fingerprint density at radius 1 is 1.18 bits per heavy atom. The summed E-state index contributed by atoms with van der Waals surface area (Å²) in [6.07, 6.45) is 2.13. The lowest BCUT2D eigenvalue weighted by molar-refractivity contribution is -0.131. The van der Waals surface area contributed by atoms with Crippen LogP contribution in [-0.4, -0.2) is 34.0 Å². The highest BCUT2D eigenvalue weighted by Gasteiger charge is 2.27. The van der Waals surface area contributed by atoms with Crippen molar-refractivity contribution in [2.45, 2.75) is 32.1 Å². The third-order valence-corrected chi connectivity index (χ3v) is 5.99. The van der Waals surface area contributed by atoms with Crippen molar-refractivity contribution in [2.75, 3.05) is 13.1 Å². The van der Waals surface area contributed by atoms with E-state index < -0.39 is 0 Å². The van der Waals surface area contributed by atoms with Crippen molar-refractivity contribution in [2.24, 2.45) is 0 Å². The molecule has 2 heterocycles. The van der Waals surface area contributed by atoms with Crippen LogP contribution < -0.4 is 0 Å². The second kappa shape index (κ2) is 8.27. The summed E-state index contributed by atoms with van der Waals surface area (Å²) in [4.78, 5) is 19.2. The van der Waals surface area contributed by atoms with Crippen molar-refractivity contribution in [1.29, 1.82) is 0 Å². The van der Waals surface area contributed by atoms with Gasteiger partial charge in [0.05, 0.1) is 6.42 Å². The van der Waals surface area contributed by atoms with Crippen LogP contribution >= 0.6 is 15.9 Å². The Morgan fingerprint density at radius 2 is 1.96 bits per heavy atom. The van der Waals surface area contributed by atoms with Gasteiger partial charge < -0.3 is 9.42 Å². The molecule has 144 valence electrons. The van der Waals surface area contributed by atoms with E-state index in [0.29, 0.717) is 12.3 Å². The van der Waals surface area contributed by atoms with Crippen molar-refractivity contribution in [3.8, 4) is 11.5 Å². The zero-order valence-electron chi connectivity index (χ0n) is 15.8. The Labute approximate surface area is 172 Å². The molecule has 2 aromatic carbocycles. The largest absolute Gasteiger partial charge is 0.342 e. The molecule has 1 aliphatic heterocycles. The molecule has 28 heavy (non-hydrogen) atoms. The first-order valence-electron chi connectivity index (χ1n) is 9.52. The van der Waals surface area contributed by atoms with E-state index in [9.17, 15) is 4.79 Å². The van der Waals surface area contributed by atoms with Gasteiger partial charge in [-0.15, -0.1) is 0 Å². The molecule has 0 spiro atoms. The van der Waals surface area contributed by atoms with Crippen LogP contribution in [0.3, 0.4) is 0 Å². The number of carbonyl (C=O) groups is 1. The number of nitrogens with zero attached hydrogens (tertiary/aromatic N) is 3. The van der Waals surface area contributed by atoms with E-state index in [0.717, 1.165) is 52.9 Å². The number of carbonyl (C=O) groups excluding carboxylic acids is 1. The molecule has 0 unspecified atom stereocenters. The molecule has 3 aromatic rings. The van der Waals surface area contributed by atoms with Crippen LogP contribution in [0, 0.1) is 6.92 Å². The van der Waals surface area contributed by atoms with Crippen molar-refractivity contribution in [3.63, 3.8) is 0 Å². The number of benzene rings is 2. The molecule has 1 aliphatic rings. The molecule has 4 rings (SSSR count). The van der Waals surface area contributed by atoms with Crippen LogP contribution in [0.2, 0.25) is 0 Å². The smallest absolute Gasteiger partial charge is 0.257 e. The summed E-state index contributed by atoms with van der Waals surface area (Å²) in [5, 5.41) is 4.20. The zero-order valence-corrected chi connectivity index (χ0v) is 17.4. The van der Waals surface area contributed by atoms with Crippen molar-refractivity contribution >= 4 is 21.8 Å². The maximum absolute atomic E-state index is 12.6. The van der Waals surface area contributed by atoms with Crippen molar-refractivity contribution < 1.29 is 9.32 Å². The fourth-order valence-electron chi connectivity index (χ4n) is 3.60. The Morgan fingerprint density at radius 3 is 2.71 bits per heavy atom. The number of rotatable bonds is 4. The molecular formula is C22H22BrN3O2. The fraction of sp³-hybridized carbons (Fsp3) is 0.318. The molecule has 0 N–H and O–H groups in total.